The van der Waals surface area contributed by atoms with Crippen molar-refractivity contribution in [2.24, 2.45) is 0 Å². The number of aryl methyl sites for hydroxylation is 1. The molecule has 0 unspecified atom stereocenters. The van der Waals surface area contributed by atoms with E-state index in [1.807, 2.05) is 39.0 Å². The molecule has 0 fully saturated rings. The Morgan fingerprint density at radius 3 is 2.58 bits per heavy atom. The first kappa shape index (κ1) is 15.2. The summed E-state index contributed by atoms with van der Waals surface area (Å²) in [5.74, 6) is 1.28. The zero-order chi connectivity index (χ0) is 14.3. The number of hydrogen-bond donors (Lipinski definition) is 1. The maximum Gasteiger partial charge on any atom is 0.228 e. The average molecular weight is 280 g/mol. The zero-order valence-corrected chi connectivity index (χ0v) is 12.3. The SMILES string of the molecule is CC.COc1cc(Nc2nccc(Cl)n2)ccc1C. The Morgan fingerprint density at radius 1 is 1.21 bits per heavy atom. The Morgan fingerprint density at radius 2 is 1.95 bits per heavy atom. The third-order valence-electron chi connectivity index (χ3n) is 2.29. The molecule has 102 valence electrons. The summed E-state index contributed by atoms with van der Waals surface area (Å²) in [6.45, 7) is 5.98. The van der Waals surface area contributed by atoms with Gasteiger partial charge >= 0.3 is 0 Å². The topological polar surface area (TPSA) is 47.0 Å². The van der Waals surface area contributed by atoms with Crippen LogP contribution >= 0.6 is 11.6 Å². The molecule has 0 bridgehead atoms. The molecule has 4 nitrogen and oxygen atoms in total. The van der Waals surface area contributed by atoms with E-state index < -0.39 is 0 Å². The molecule has 0 aliphatic carbocycles. The second-order valence-corrected chi connectivity index (χ2v) is 3.90. The van der Waals surface area contributed by atoms with Gasteiger partial charge in [0.15, 0.2) is 0 Å². The van der Waals surface area contributed by atoms with Gasteiger partial charge in [0.1, 0.15) is 10.9 Å². The van der Waals surface area contributed by atoms with Gasteiger partial charge < -0.3 is 10.1 Å². The number of halogens is 1. The van der Waals surface area contributed by atoms with Crippen molar-refractivity contribution in [1.29, 1.82) is 0 Å². The summed E-state index contributed by atoms with van der Waals surface area (Å²) in [5, 5.41) is 3.46. The molecule has 1 aromatic carbocycles. The fourth-order valence-corrected chi connectivity index (χ4v) is 1.56. The summed E-state index contributed by atoms with van der Waals surface area (Å²) < 4.78 is 5.24. The van der Waals surface area contributed by atoms with E-state index in [-0.39, 0.29) is 0 Å². The van der Waals surface area contributed by atoms with E-state index in [1.54, 1.807) is 19.4 Å². The Balaban J connectivity index is 0.000000861. The highest BCUT2D eigenvalue weighted by molar-refractivity contribution is 6.29. The predicted octanol–water partition coefficient (Wildman–Crippen LogP) is 4.22. The number of ether oxygens (including phenoxy) is 1. The molecular weight excluding hydrogens is 262 g/mol. The van der Waals surface area contributed by atoms with Crippen LogP contribution in [0.2, 0.25) is 5.15 Å². The van der Waals surface area contributed by atoms with Crippen LogP contribution in [0.15, 0.2) is 30.5 Å². The van der Waals surface area contributed by atoms with Crippen LogP contribution < -0.4 is 10.1 Å². The van der Waals surface area contributed by atoms with Crippen molar-refractivity contribution in [2.45, 2.75) is 20.8 Å². The molecule has 19 heavy (non-hydrogen) atoms. The van der Waals surface area contributed by atoms with Crippen LogP contribution in [0.1, 0.15) is 19.4 Å². The summed E-state index contributed by atoms with van der Waals surface area (Å²) in [4.78, 5) is 8.11. The second-order valence-electron chi connectivity index (χ2n) is 3.51. The van der Waals surface area contributed by atoms with Crippen molar-refractivity contribution >= 4 is 23.2 Å². The number of benzene rings is 1. The van der Waals surface area contributed by atoms with Crippen LogP contribution in [-0.2, 0) is 0 Å². The Hall–Kier alpha value is -1.81. The van der Waals surface area contributed by atoms with Gasteiger partial charge in [0.2, 0.25) is 5.95 Å². The van der Waals surface area contributed by atoms with E-state index in [2.05, 4.69) is 15.3 Å². The molecule has 1 N–H and O–H groups in total. The molecule has 0 spiro atoms. The van der Waals surface area contributed by atoms with Gasteiger partial charge in [-0.3, -0.25) is 0 Å². The fraction of sp³-hybridized carbons (Fsp3) is 0.286. The molecule has 0 saturated carbocycles. The van der Waals surface area contributed by atoms with Gasteiger partial charge in [0.25, 0.3) is 0 Å². The number of nitrogens with one attached hydrogen (secondary N) is 1. The lowest BCUT2D eigenvalue weighted by Crippen LogP contribution is -1.97. The van der Waals surface area contributed by atoms with Crippen LogP contribution in [-0.4, -0.2) is 17.1 Å². The fourth-order valence-electron chi connectivity index (χ4n) is 1.42. The summed E-state index contributed by atoms with van der Waals surface area (Å²) in [6, 6.07) is 7.41. The van der Waals surface area contributed by atoms with E-state index in [0.29, 0.717) is 11.1 Å². The second kappa shape index (κ2) is 7.59. The number of methoxy groups -OCH3 is 1. The number of hydrogen-bond acceptors (Lipinski definition) is 4. The van der Waals surface area contributed by atoms with Crippen LogP contribution in [0.4, 0.5) is 11.6 Å². The molecule has 0 atom stereocenters. The van der Waals surface area contributed by atoms with Crippen molar-refractivity contribution in [3.05, 3.63) is 41.2 Å². The standard InChI is InChI=1S/C12H12ClN3O.C2H6/c1-8-3-4-9(7-10(8)17-2)15-12-14-6-5-11(13)16-12;1-2/h3-7H,1-2H3,(H,14,15,16);1-2H3. The normalized spacial score (nSPS) is 9.32. The van der Waals surface area contributed by atoms with E-state index >= 15 is 0 Å². The van der Waals surface area contributed by atoms with Crippen LogP contribution in [0.5, 0.6) is 5.75 Å². The summed E-state index contributed by atoms with van der Waals surface area (Å²) >= 11 is 5.78. The largest absolute Gasteiger partial charge is 0.496 e. The maximum absolute atomic E-state index is 5.78. The number of aromatic nitrogens is 2. The van der Waals surface area contributed by atoms with Crippen molar-refractivity contribution in [3.8, 4) is 5.75 Å². The molecule has 1 heterocycles. The molecule has 0 aliphatic rings. The van der Waals surface area contributed by atoms with Crippen molar-refractivity contribution in [3.63, 3.8) is 0 Å². The third kappa shape index (κ3) is 4.41. The van der Waals surface area contributed by atoms with Crippen LogP contribution in [0, 0.1) is 6.92 Å². The Labute approximate surface area is 118 Å². The summed E-state index contributed by atoms with van der Waals surface area (Å²) in [6.07, 6.45) is 1.60. The third-order valence-corrected chi connectivity index (χ3v) is 2.50. The van der Waals surface area contributed by atoms with Crippen LogP contribution in [0.25, 0.3) is 0 Å². The summed E-state index contributed by atoms with van der Waals surface area (Å²) in [5.41, 5.74) is 1.93. The van der Waals surface area contributed by atoms with Gasteiger partial charge in [0, 0.05) is 18.0 Å². The van der Waals surface area contributed by atoms with Gasteiger partial charge in [-0.25, -0.2) is 9.97 Å². The van der Waals surface area contributed by atoms with Gasteiger partial charge in [-0.1, -0.05) is 31.5 Å². The van der Waals surface area contributed by atoms with E-state index in [9.17, 15) is 0 Å². The monoisotopic (exact) mass is 279 g/mol. The number of anilines is 2. The van der Waals surface area contributed by atoms with Gasteiger partial charge in [-0.2, -0.15) is 0 Å². The van der Waals surface area contributed by atoms with Gasteiger partial charge in [0.05, 0.1) is 7.11 Å². The van der Waals surface area contributed by atoms with Crippen molar-refractivity contribution < 1.29 is 4.74 Å². The number of rotatable bonds is 3. The highest BCUT2D eigenvalue weighted by atomic mass is 35.5. The smallest absolute Gasteiger partial charge is 0.228 e. The quantitative estimate of drug-likeness (QED) is 0.855. The highest BCUT2D eigenvalue weighted by Gasteiger charge is 2.02. The lowest BCUT2D eigenvalue weighted by molar-refractivity contribution is 0.412. The lowest BCUT2D eigenvalue weighted by Gasteiger charge is -2.08. The first-order valence-electron chi connectivity index (χ1n) is 6.09. The van der Waals surface area contributed by atoms with E-state index in [4.69, 9.17) is 16.3 Å². The minimum atomic E-state index is 0.404. The molecule has 5 heteroatoms. The minimum Gasteiger partial charge on any atom is -0.496 e. The lowest BCUT2D eigenvalue weighted by atomic mass is 10.2. The van der Waals surface area contributed by atoms with Gasteiger partial charge in [-0.15, -0.1) is 0 Å². The van der Waals surface area contributed by atoms with Crippen molar-refractivity contribution in [1.82, 2.24) is 9.97 Å². The molecule has 0 saturated heterocycles. The zero-order valence-electron chi connectivity index (χ0n) is 11.6. The Kier molecular flexibility index (Phi) is 6.09. The molecule has 0 aliphatic heterocycles. The molecule has 2 aromatic rings. The molecule has 2 rings (SSSR count). The van der Waals surface area contributed by atoms with E-state index in [0.717, 1.165) is 17.0 Å². The minimum absolute atomic E-state index is 0.404. The Bertz CT molecular complexity index is 532. The van der Waals surface area contributed by atoms with E-state index in [1.165, 1.54) is 0 Å². The molecule has 1 aromatic heterocycles. The first-order valence-corrected chi connectivity index (χ1v) is 6.47. The molecule has 0 radical (unpaired) electrons. The van der Waals surface area contributed by atoms with Crippen LogP contribution in [0.3, 0.4) is 0 Å². The van der Waals surface area contributed by atoms with Crippen molar-refractivity contribution in [2.75, 3.05) is 12.4 Å². The predicted molar refractivity (Wildman–Crippen MR) is 79.4 cm³/mol. The summed E-state index contributed by atoms with van der Waals surface area (Å²) in [7, 11) is 1.64. The molecular formula is C14H18ClN3O. The average Bonchev–Trinajstić information content (AvgIpc) is 2.43. The first-order chi connectivity index (χ1) is 9.19. The molecule has 0 amide bonds. The maximum atomic E-state index is 5.78. The highest BCUT2D eigenvalue weighted by Crippen LogP contribution is 2.23. The number of nitrogens with zero attached hydrogens (tertiary/aromatic N) is 2. The van der Waals surface area contributed by atoms with Gasteiger partial charge in [-0.05, 0) is 24.6 Å².